The molecule has 1 unspecified atom stereocenters. The highest BCUT2D eigenvalue weighted by molar-refractivity contribution is 5.83. The van der Waals surface area contributed by atoms with E-state index in [0.29, 0.717) is 17.7 Å². The van der Waals surface area contributed by atoms with Crippen molar-refractivity contribution in [2.75, 3.05) is 31.2 Å². The van der Waals surface area contributed by atoms with E-state index in [2.05, 4.69) is 40.8 Å². The molecule has 0 radical (unpaired) electrons. The van der Waals surface area contributed by atoms with Gasteiger partial charge in [-0.05, 0) is 93.5 Å². The lowest BCUT2D eigenvalue weighted by atomic mass is 9.95. The Labute approximate surface area is 200 Å². The molecule has 3 aromatic rings. The number of aromatic nitrogens is 2. The molecule has 0 spiro atoms. The van der Waals surface area contributed by atoms with E-state index in [4.69, 9.17) is 9.72 Å². The molecule has 6 nitrogen and oxygen atoms in total. The second-order valence-corrected chi connectivity index (χ2v) is 9.90. The standard InChI is InChI=1S/C27H33FN4O2/c1-16-13-23-24(14-17(16)2)32(22-11-18(3)25(28)19(4)12-22)27(30-23)31-8-5-20(6-9-31)26(33)29-21-7-10-34-15-21/h11-14,20-21H,5-10,15H2,1-4H3,(H,29,33). The van der Waals surface area contributed by atoms with Crippen LogP contribution in [0.15, 0.2) is 24.3 Å². The number of carbonyl (C=O) groups excluding carboxylic acids is 1. The van der Waals surface area contributed by atoms with E-state index < -0.39 is 0 Å². The lowest BCUT2D eigenvalue weighted by Gasteiger charge is -2.33. The molecule has 5 rings (SSSR count). The largest absolute Gasteiger partial charge is 0.379 e. The second kappa shape index (κ2) is 9.02. The molecule has 1 atom stereocenters. The van der Waals surface area contributed by atoms with Gasteiger partial charge in [-0.2, -0.15) is 0 Å². The third kappa shape index (κ3) is 4.17. The summed E-state index contributed by atoms with van der Waals surface area (Å²) in [6.45, 7) is 10.6. The van der Waals surface area contributed by atoms with Gasteiger partial charge in [0, 0.05) is 31.3 Å². The number of anilines is 1. The van der Waals surface area contributed by atoms with Gasteiger partial charge in [0.15, 0.2) is 0 Å². The van der Waals surface area contributed by atoms with E-state index in [1.54, 1.807) is 13.8 Å². The lowest BCUT2D eigenvalue weighted by molar-refractivity contribution is -0.126. The predicted molar refractivity (Wildman–Crippen MR) is 132 cm³/mol. The highest BCUT2D eigenvalue weighted by atomic mass is 19.1. The predicted octanol–water partition coefficient (Wildman–Crippen LogP) is 4.52. The summed E-state index contributed by atoms with van der Waals surface area (Å²) in [4.78, 5) is 20.1. The quantitative estimate of drug-likeness (QED) is 0.617. The highest BCUT2D eigenvalue weighted by Gasteiger charge is 2.30. The van der Waals surface area contributed by atoms with Gasteiger partial charge in [-0.3, -0.25) is 9.36 Å². The van der Waals surface area contributed by atoms with Crippen LogP contribution in [0.5, 0.6) is 0 Å². The SMILES string of the molecule is Cc1cc2nc(N3CCC(C(=O)NC4CCOC4)CC3)n(-c3cc(C)c(F)c(C)c3)c2cc1C. The first kappa shape index (κ1) is 22.8. The van der Waals surface area contributed by atoms with Crippen molar-refractivity contribution in [2.45, 2.75) is 53.0 Å². The summed E-state index contributed by atoms with van der Waals surface area (Å²) in [5.41, 5.74) is 6.50. The van der Waals surface area contributed by atoms with Gasteiger partial charge in [-0.25, -0.2) is 9.37 Å². The second-order valence-electron chi connectivity index (χ2n) is 9.90. The normalized spacial score (nSPS) is 19.2. The summed E-state index contributed by atoms with van der Waals surface area (Å²) in [6, 6.07) is 8.22. The maximum absolute atomic E-state index is 14.4. The maximum Gasteiger partial charge on any atom is 0.223 e. The Morgan fingerprint density at radius 2 is 1.68 bits per heavy atom. The number of hydrogen-bond donors (Lipinski definition) is 1. The molecule has 2 aliphatic heterocycles. The van der Waals surface area contributed by atoms with Gasteiger partial charge in [-0.1, -0.05) is 0 Å². The van der Waals surface area contributed by atoms with Crippen molar-refractivity contribution in [3.8, 4) is 5.69 Å². The molecular formula is C27H33FN4O2. The van der Waals surface area contributed by atoms with Crippen molar-refractivity contribution in [2.24, 2.45) is 5.92 Å². The van der Waals surface area contributed by atoms with E-state index in [9.17, 15) is 9.18 Å². The van der Waals surface area contributed by atoms with Crippen molar-refractivity contribution >= 4 is 22.9 Å². The Hall–Kier alpha value is -2.93. The third-order valence-corrected chi connectivity index (χ3v) is 7.36. The first-order valence-corrected chi connectivity index (χ1v) is 12.2. The lowest BCUT2D eigenvalue weighted by Crippen LogP contribution is -2.44. The van der Waals surface area contributed by atoms with Gasteiger partial charge < -0.3 is 15.0 Å². The van der Waals surface area contributed by atoms with Gasteiger partial charge >= 0.3 is 0 Å². The molecule has 2 aliphatic rings. The Morgan fingerprint density at radius 3 is 2.32 bits per heavy atom. The van der Waals surface area contributed by atoms with Crippen LogP contribution in [0.2, 0.25) is 0 Å². The molecular weight excluding hydrogens is 431 g/mol. The van der Waals surface area contributed by atoms with Crippen LogP contribution in [-0.2, 0) is 9.53 Å². The zero-order chi connectivity index (χ0) is 24.0. The van der Waals surface area contributed by atoms with Crippen LogP contribution in [-0.4, -0.2) is 47.8 Å². The summed E-state index contributed by atoms with van der Waals surface area (Å²) in [6.07, 6.45) is 2.45. The van der Waals surface area contributed by atoms with Crippen molar-refractivity contribution in [3.63, 3.8) is 0 Å². The summed E-state index contributed by atoms with van der Waals surface area (Å²) in [5.74, 6) is 0.837. The van der Waals surface area contributed by atoms with Crippen LogP contribution < -0.4 is 10.2 Å². The number of aryl methyl sites for hydroxylation is 4. The number of ether oxygens (including phenoxy) is 1. The Kier molecular flexibility index (Phi) is 6.06. The topological polar surface area (TPSA) is 59.4 Å². The number of nitrogens with one attached hydrogen (secondary N) is 1. The molecule has 34 heavy (non-hydrogen) atoms. The fraction of sp³-hybridized carbons (Fsp3) is 0.481. The van der Waals surface area contributed by atoms with Crippen LogP contribution in [0.3, 0.4) is 0 Å². The molecule has 7 heteroatoms. The Balaban J connectivity index is 1.46. The first-order valence-electron chi connectivity index (χ1n) is 12.2. The number of rotatable bonds is 4. The average molecular weight is 465 g/mol. The minimum atomic E-state index is -0.166. The number of hydrogen-bond acceptors (Lipinski definition) is 4. The van der Waals surface area contributed by atoms with E-state index in [0.717, 1.165) is 61.6 Å². The van der Waals surface area contributed by atoms with Crippen molar-refractivity contribution < 1.29 is 13.9 Å². The summed E-state index contributed by atoms with van der Waals surface area (Å²) in [5, 5.41) is 3.15. The molecule has 1 aromatic heterocycles. The zero-order valence-corrected chi connectivity index (χ0v) is 20.4. The van der Waals surface area contributed by atoms with Crippen LogP contribution in [0.25, 0.3) is 16.7 Å². The van der Waals surface area contributed by atoms with Gasteiger partial charge in [0.05, 0.1) is 23.7 Å². The molecule has 2 saturated heterocycles. The molecule has 0 aliphatic carbocycles. The number of halogens is 1. The molecule has 1 amide bonds. The maximum atomic E-state index is 14.4. The monoisotopic (exact) mass is 464 g/mol. The number of fused-ring (bicyclic) bond motifs is 1. The molecule has 0 bridgehead atoms. The molecule has 2 fully saturated rings. The van der Waals surface area contributed by atoms with E-state index in [1.165, 1.54) is 11.1 Å². The molecule has 0 saturated carbocycles. The number of benzene rings is 2. The number of imidazole rings is 1. The van der Waals surface area contributed by atoms with Gasteiger partial charge in [0.2, 0.25) is 11.9 Å². The fourth-order valence-corrected chi connectivity index (χ4v) is 5.15. The smallest absolute Gasteiger partial charge is 0.223 e. The third-order valence-electron chi connectivity index (χ3n) is 7.36. The zero-order valence-electron chi connectivity index (χ0n) is 20.4. The number of amides is 1. The Bertz CT molecular complexity index is 1210. The minimum absolute atomic E-state index is 0.00878. The van der Waals surface area contributed by atoms with E-state index in [1.807, 2.05) is 12.1 Å². The number of carbonyl (C=O) groups is 1. The van der Waals surface area contributed by atoms with Gasteiger partial charge in [0.25, 0.3) is 0 Å². The Morgan fingerprint density at radius 1 is 1.00 bits per heavy atom. The molecule has 1 N–H and O–H groups in total. The van der Waals surface area contributed by atoms with Crippen molar-refractivity contribution in [1.29, 1.82) is 0 Å². The fourth-order valence-electron chi connectivity index (χ4n) is 5.15. The van der Waals surface area contributed by atoms with E-state index in [-0.39, 0.29) is 23.7 Å². The van der Waals surface area contributed by atoms with Crippen LogP contribution >= 0.6 is 0 Å². The average Bonchev–Trinajstić information content (AvgIpc) is 3.45. The summed E-state index contributed by atoms with van der Waals surface area (Å²) < 4.78 is 22.0. The van der Waals surface area contributed by atoms with Crippen LogP contribution in [0.1, 0.15) is 41.5 Å². The van der Waals surface area contributed by atoms with Crippen molar-refractivity contribution in [3.05, 3.63) is 52.3 Å². The number of nitrogens with zero attached hydrogens (tertiary/aromatic N) is 3. The van der Waals surface area contributed by atoms with Gasteiger partial charge in [0.1, 0.15) is 5.82 Å². The summed E-state index contributed by atoms with van der Waals surface area (Å²) >= 11 is 0. The van der Waals surface area contributed by atoms with Gasteiger partial charge in [-0.15, -0.1) is 0 Å². The van der Waals surface area contributed by atoms with E-state index >= 15 is 0 Å². The highest BCUT2D eigenvalue weighted by Crippen LogP contribution is 2.33. The van der Waals surface area contributed by atoms with Crippen molar-refractivity contribution in [1.82, 2.24) is 14.9 Å². The minimum Gasteiger partial charge on any atom is -0.379 e. The molecule has 3 heterocycles. The molecule has 180 valence electrons. The first-order chi connectivity index (χ1) is 16.3. The molecule has 2 aromatic carbocycles. The number of piperidine rings is 1. The van der Waals surface area contributed by atoms with Crippen LogP contribution in [0, 0.1) is 39.4 Å². The van der Waals surface area contributed by atoms with Crippen LogP contribution in [0.4, 0.5) is 10.3 Å². The summed E-state index contributed by atoms with van der Waals surface area (Å²) in [7, 11) is 0.